The van der Waals surface area contributed by atoms with Gasteiger partial charge >= 0.3 is 0 Å². The molecule has 2 nitrogen and oxygen atoms in total. The zero-order valence-electron chi connectivity index (χ0n) is 12.9. The van der Waals surface area contributed by atoms with Crippen LogP contribution in [0, 0.1) is 0 Å². The molecule has 1 aromatic carbocycles. The topological polar surface area (TPSA) is 38.0 Å². The lowest BCUT2D eigenvalue weighted by Crippen LogP contribution is -2.55. The highest BCUT2D eigenvalue weighted by atomic mass is 15.2. The molecule has 2 heteroatoms. The number of hydrazine groups is 1. The molecule has 0 saturated heterocycles. The molecule has 0 radical (unpaired) electrons. The highest BCUT2D eigenvalue weighted by Gasteiger charge is 2.44. The summed E-state index contributed by atoms with van der Waals surface area (Å²) in [6.45, 7) is 2.27. The first-order chi connectivity index (χ1) is 9.83. The second-order valence-electron chi connectivity index (χ2n) is 6.30. The fourth-order valence-electron chi connectivity index (χ4n) is 3.64. The Kier molecular flexibility index (Phi) is 6.06. The van der Waals surface area contributed by atoms with Crippen LogP contribution in [0.1, 0.15) is 70.3 Å². The minimum absolute atomic E-state index is 0.292. The second kappa shape index (κ2) is 7.80. The molecule has 1 unspecified atom stereocenters. The Morgan fingerprint density at radius 2 is 1.80 bits per heavy atom. The monoisotopic (exact) mass is 274 g/mol. The van der Waals surface area contributed by atoms with Gasteiger partial charge in [0.05, 0.1) is 0 Å². The highest BCUT2D eigenvalue weighted by molar-refractivity contribution is 5.30. The van der Waals surface area contributed by atoms with Gasteiger partial charge in [-0.15, -0.1) is 0 Å². The Bertz CT molecular complexity index is 370. The molecule has 20 heavy (non-hydrogen) atoms. The third-order valence-electron chi connectivity index (χ3n) is 5.06. The van der Waals surface area contributed by atoms with E-state index in [1.165, 1.54) is 63.4 Å². The SMILES string of the molecule is CCCCCCCC(NN)C1(c2ccccc2)CCC1. The maximum Gasteiger partial charge on any atom is 0.0307 e. The van der Waals surface area contributed by atoms with E-state index >= 15 is 0 Å². The van der Waals surface area contributed by atoms with Gasteiger partial charge in [0.2, 0.25) is 0 Å². The van der Waals surface area contributed by atoms with E-state index in [1.54, 1.807) is 0 Å². The first kappa shape index (κ1) is 15.5. The van der Waals surface area contributed by atoms with E-state index in [1.807, 2.05) is 0 Å². The summed E-state index contributed by atoms with van der Waals surface area (Å²) in [4.78, 5) is 0. The normalized spacial score (nSPS) is 18.5. The van der Waals surface area contributed by atoms with Crippen LogP contribution in [0.4, 0.5) is 0 Å². The molecule has 0 spiro atoms. The molecule has 1 fully saturated rings. The van der Waals surface area contributed by atoms with Crippen LogP contribution in [0.3, 0.4) is 0 Å². The number of unbranched alkanes of at least 4 members (excludes halogenated alkanes) is 4. The number of nitrogens with one attached hydrogen (secondary N) is 1. The predicted octanol–water partition coefficient (Wildman–Crippen LogP) is 4.30. The molecule has 0 aliphatic heterocycles. The van der Waals surface area contributed by atoms with Gasteiger partial charge in [0, 0.05) is 11.5 Å². The summed E-state index contributed by atoms with van der Waals surface area (Å²) < 4.78 is 0. The van der Waals surface area contributed by atoms with Gasteiger partial charge in [0.1, 0.15) is 0 Å². The maximum absolute atomic E-state index is 5.90. The van der Waals surface area contributed by atoms with E-state index in [9.17, 15) is 0 Å². The van der Waals surface area contributed by atoms with Crippen molar-refractivity contribution in [3.63, 3.8) is 0 Å². The molecule has 0 heterocycles. The van der Waals surface area contributed by atoms with Gasteiger partial charge in [0.25, 0.3) is 0 Å². The summed E-state index contributed by atoms with van der Waals surface area (Å²) in [5.41, 5.74) is 4.90. The van der Waals surface area contributed by atoms with Crippen LogP contribution in [0.5, 0.6) is 0 Å². The van der Waals surface area contributed by atoms with Crippen LogP contribution >= 0.6 is 0 Å². The molecule has 1 aliphatic rings. The summed E-state index contributed by atoms with van der Waals surface area (Å²) in [6.07, 6.45) is 11.8. The highest BCUT2D eigenvalue weighted by Crippen LogP contribution is 2.47. The van der Waals surface area contributed by atoms with Gasteiger partial charge in [-0.1, -0.05) is 75.8 Å². The minimum atomic E-state index is 0.292. The Morgan fingerprint density at radius 1 is 1.10 bits per heavy atom. The average molecular weight is 274 g/mol. The molecule has 1 saturated carbocycles. The average Bonchev–Trinajstić information content (AvgIpc) is 2.45. The number of nitrogens with two attached hydrogens (primary N) is 1. The van der Waals surface area contributed by atoms with E-state index in [2.05, 4.69) is 42.7 Å². The van der Waals surface area contributed by atoms with Crippen molar-refractivity contribution in [2.45, 2.75) is 76.2 Å². The number of benzene rings is 1. The smallest absolute Gasteiger partial charge is 0.0307 e. The molecule has 3 N–H and O–H groups in total. The van der Waals surface area contributed by atoms with E-state index in [0.29, 0.717) is 11.5 Å². The van der Waals surface area contributed by atoms with E-state index in [0.717, 1.165) is 0 Å². The molecule has 0 bridgehead atoms. The van der Waals surface area contributed by atoms with Gasteiger partial charge in [-0.25, -0.2) is 0 Å². The van der Waals surface area contributed by atoms with Crippen LogP contribution < -0.4 is 11.3 Å². The molecule has 1 atom stereocenters. The van der Waals surface area contributed by atoms with Crippen LogP contribution in [-0.4, -0.2) is 6.04 Å². The van der Waals surface area contributed by atoms with Crippen LogP contribution in [0.2, 0.25) is 0 Å². The van der Waals surface area contributed by atoms with Gasteiger partial charge in [-0.05, 0) is 24.8 Å². The van der Waals surface area contributed by atoms with Gasteiger partial charge < -0.3 is 0 Å². The lowest BCUT2D eigenvalue weighted by Gasteiger charge is -2.48. The van der Waals surface area contributed by atoms with Crippen molar-refractivity contribution in [2.24, 2.45) is 5.84 Å². The number of hydrogen-bond donors (Lipinski definition) is 2. The van der Waals surface area contributed by atoms with E-state index in [4.69, 9.17) is 5.84 Å². The Balaban J connectivity index is 1.94. The van der Waals surface area contributed by atoms with Crippen LogP contribution in [0.25, 0.3) is 0 Å². The van der Waals surface area contributed by atoms with Gasteiger partial charge in [-0.3, -0.25) is 11.3 Å². The van der Waals surface area contributed by atoms with Crippen molar-refractivity contribution in [3.05, 3.63) is 35.9 Å². The molecule has 1 aromatic rings. The minimum Gasteiger partial charge on any atom is -0.271 e. The molecular weight excluding hydrogens is 244 g/mol. The Labute approximate surface area is 124 Å². The van der Waals surface area contributed by atoms with Gasteiger partial charge in [-0.2, -0.15) is 0 Å². The van der Waals surface area contributed by atoms with Crippen molar-refractivity contribution in [1.82, 2.24) is 5.43 Å². The quantitative estimate of drug-likeness (QED) is 0.400. The van der Waals surface area contributed by atoms with Crippen molar-refractivity contribution in [1.29, 1.82) is 0 Å². The maximum atomic E-state index is 5.90. The fraction of sp³-hybridized carbons (Fsp3) is 0.667. The third kappa shape index (κ3) is 3.42. The Hall–Kier alpha value is -0.860. The zero-order chi connectivity index (χ0) is 14.3. The lowest BCUT2D eigenvalue weighted by atomic mass is 9.59. The number of hydrogen-bond acceptors (Lipinski definition) is 2. The molecule has 0 amide bonds. The molecule has 112 valence electrons. The summed E-state index contributed by atoms with van der Waals surface area (Å²) in [5.74, 6) is 5.90. The Morgan fingerprint density at radius 3 is 2.35 bits per heavy atom. The zero-order valence-corrected chi connectivity index (χ0v) is 12.9. The third-order valence-corrected chi connectivity index (χ3v) is 5.06. The largest absolute Gasteiger partial charge is 0.271 e. The second-order valence-corrected chi connectivity index (χ2v) is 6.30. The molecule has 2 rings (SSSR count). The summed E-state index contributed by atoms with van der Waals surface area (Å²) >= 11 is 0. The van der Waals surface area contributed by atoms with Crippen molar-refractivity contribution >= 4 is 0 Å². The first-order valence-corrected chi connectivity index (χ1v) is 8.35. The lowest BCUT2D eigenvalue weighted by molar-refractivity contribution is 0.159. The first-order valence-electron chi connectivity index (χ1n) is 8.35. The summed E-state index contributed by atoms with van der Waals surface area (Å²) in [5, 5.41) is 0. The number of rotatable bonds is 9. The van der Waals surface area contributed by atoms with E-state index in [-0.39, 0.29) is 0 Å². The van der Waals surface area contributed by atoms with E-state index < -0.39 is 0 Å². The van der Waals surface area contributed by atoms with Gasteiger partial charge in [0.15, 0.2) is 0 Å². The van der Waals surface area contributed by atoms with Crippen LogP contribution in [0.15, 0.2) is 30.3 Å². The summed E-state index contributed by atoms with van der Waals surface area (Å²) in [6, 6.07) is 11.4. The fourth-order valence-corrected chi connectivity index (χ4v) is 3.64. The molecular formula is C18H30N2. The van der Waals surface area contributed by atoms with Crippen molar-refractivity contribution in [3.8, 4) is 0 Å². The van der Waals surface area contributed by atoms with Crippen LogP contribution in [-0.2, 0) is 5.41 Å². The standard InChI is InChI=1S/C18H30N2/c1-2-3-4-5-9-13-17(20-19)18(14-10-15-18)16-11-7-6-8-12-16/h6-8,11-12,17,20H,2-5,9-10,13-15,19H2,1H3. The summed E-state index contributed by atoms with van der Waals surface area (Å²) in [7, 11) is 0. The van der Waals surface area contributed by atoms with Crippen molar-refractivity contribution in [2.75, 3.05) is 0 Å². The molecule has 0 aromatic heterocycles. The van der Waals surface area contributed by atoms with Crippen molar-refractivity contribution < 1.29 is 0 Å². The molecule has 1 aliphatic carbocycles. The predicted molar refractivity (Wildman–Crippen MR) is 86.5 cm³/mol.